The fraction of sp³-hybridized carbons (Fsp3) is 0.520. The maximum absolute atomic E-state index is 3.77. The Morgan fingerprint density at radius 1 is 1.04 bits per heavy atom. The third-order valence-electron chi connectivity index (χ3n) is 4.33. The van der Waals surface area contributed by atoms with Gasteiger partial charge in [-0.1, -0.05) is 99.4 Å². The fourth-order valence-electron chi connectivity index (χ4n) is 2.64. The molecule has 0 aliphatic rings. The van der Waals surface area contributed by atoms with E-state index in [0.29, 0.717) is 0 Å². The van der Waals surface area contributed by atoms with Gasteiger partial charge in [0.05, 0.1) is 0 Å². The predicted octanol–water partition coefficient (Wildman–Crippen LogP) is 8.45. The molecule has 0 saturated heterocycles. The highest BCUT2D eigenvalue weighted by atomic mass is 14.1. The fourth-order valence-corrected chi connectivity index (χ4v) is 2.64. The predicted molar refractivity (Wildman–Crippen MR) is 116 cm³/mol. The van der Waals surface area contributed by atoms with Crippen LogP contribution in [0.2, 0.25) is 0 Å². The second kappa shape index (κ2) is 17.3. The summed E-state index contributed by atoms with van der Waals surface area (Å²) in [6.45, 7) is 12.7. The van der Waals surface area contributed by atoms with E-state index in [-0.39, 0.29) is 0 Å². The number of rotatable bonds is 11. The van der Waals surface area contributed by atoms with E-state index in [4.69, 9.17) is 0 Å². The van der Waals surface area contributed by atoms with Gasteiger partial charge in [0.15, 0.2) is 0 Å². The summed E-state index contributed by atoms with van der Waals surface area (Å²) in [4.78, 5) is 0. The molecule has 0 nitrogen and oxygen atoms in total. The first kappa shape index (κ1) is 23.4. The van der Waals surface area contributed by atoms with Crippen LogP contribution in [-0.2, 0) is 0 Å². The van der Waals surface area contributed by atoms with Crippen molar-refractivity contribution in [1.82, 2.24) is 0 Å². The number of hydrogen-bond donors (Lipinski definition) is 0. The minimum absolute atomic E-state index is 0.870. The molecule has 1 atom stereocenters. The van der Waals surface area contributed by atoms with Crippen molar-refractivity contribution in [2.24, 2.45) is 5.92 Å². The van der Waals surface area contributed by atoms with Crippen molar-refractivity contribution in [3.05, 3.63) is 72.4 Å². The second-order valence-corrected chi connectivity index (χ2v) is 6.85. The maximum atomic E-state index is 3.77. The van der Waals surface area contributed by atoms with Crippen LogP contribution in [0, 0.1) is 12.8 Å². The Labute approximate surface area is 157 Å². The van der Waals surface area contributed by atoms with Crippen molar-refractivity contribution in [3.63, 3.8) is 0 Å². The second-order valence-electron chi connectivity index (χ2n) is 6.85. The molecule has 0 spiro atoms. The van der Waals surface area contributed by atoms with Gasteiger partial charge in [0.1, 0.15) is 0 Å². The van der Waals surface area contributed by atoms with E-state index in [9.17, 15) is 0 Å². The first-order valence-corrected chi connectivity index (χ1v) is 10.1. The third kappa shape index (κ3) is 15.7. The molecule has 140 valence electrons. The van der Waals surface area contributed by atoms with Crippen LogP contribution in [-0.4, -0.2) is 0 Å². The van der Waals surface area contributed by atoms with Crippen LogP contribution in [0.15, 0.2) is 66.8 Å². The van der Waals surface area contributed by atoms with E-state index in [1.807, 2.05) is 24.3 Å². The van der Waals surface area contributed by atoms with Gasteiger partial charge in [-0.05, 0) is 51.4 Å². The van der Waals surface area contributed by atoms with Gasteiger partial charge in [0.25, 0.3) is 0 Å². The molecular formula is C25H40. The minimum atomic E-state index is 0.870. The Morgan fingerprint density at radius 3 is 2.16 bits per heavy atom. The van der Waals surface area contributed by atoms with Crippen LogP contribution in [0.5, 0.6) is 0 Å². The highest BCUT2D eigenvalue weighted by molar-refractivity contribution is 5.17. The standard InChI is InChI=1S/C18H32.C7H8/c1-5-8-10-13-17(4)14-11-12-16-18(7-3)15-9-6-2;1-7-5-3-2-4-6-7/h5,9,15-17H,1,6-8,10-14H2,2-4H3;2-6H,1H3/b15-9-,18-16-;. The lowest BCUT2D eigenvalue weighted by Crippen LogP contribution is -1.94. The van der Waals surface area contributed by atoms with E-state index in [1.165, 1.54) is 49.7 Å². The van der Waals surface area contributed by atoms with E-state index < -0.39 is 0 Å². The molecule has 0 heteroatoms. The van der Waals surface area contributed by atoms with Crippen molar-refractivity contribution in [1.29, 1.82) is 0 Å². The molecule has 0 aliphatic heterocycles. The number of hydrogen-bond acceptors (Lipinski definition) is 0. The van der Waals surface area contributed by atoms with Gasteiger partial charge in [-0.2, -0.15) is 0 Å². The molecule has 0 radical (unpaired) electrons. The van der Waals surface area contributed by atoms with Crippen LogP contribution >= 0.6 is 0 Å². The molecule has 25 heavy (non-hydrogen) atoms. The molecule has 1 aromatic carbocycles. The Kier molecular flexibility index (Phi) is 16.2. The SMILES string of the molecule is C=CCCCC(C)CCC/C=C(\C=C/CC)CC.Cc1ccccc1. The first-order chi connectivity index (χ1) is 12.1. The lowest BCUT2D eigenvalue weighted by molar-refractivity contribution is 0.463. The summed E-state index contributed by atoms with van der Waals surface area (Å²) in [6, 6.07) is 10.3. The molecular weight excluding hydrogens is 300 g/mol. The highest BCUT2D eigenvalue weighted by Gasteiger charge is 2.00. The summed E-state index contributed by atoms with van der Waals surface area (Å²) in [6.07, 6.45) is 19.1. The average molecular weight is 341 g/mol. The molecule has 0 aliphatic carbocycles. The van der Waals surface area contributed by atoms with E-state index in [2.05, 4.69) is 64.6 Å². The van der Waals surface area contributed by atoms with E-state index >= 15 is 0 Å². The number of allylic oxidation sites excluding steroid dienone is 5. The van der Waals surface area contributed by atoms with Gasteiger partial charge >= 0.3 is 0 Å². The zero-order chi connectivity index (χ0) is 18.8. The van der Waals surface area contributed by atoms with Crippen LogP contribution in [0.25, 0.3) is 0 Å². The molecule has 0 fully saturated rings. The van der Waals surface area contributed by atoms with Crippen molar-refractivity contribution < 1.29 is 0 Å². The summed E-state index contributed by atoms with van der Waals surface area (Å²) in [5.41, 5.74) is 2.82. The molecule has 1 aromatic rings. The van der Waals surface area contributed by atoms with Crippen LogP contribution in [0.4, 0.5) is 0 Å². The Hall–Kier alpha value is -1.56. The van der Waals surface area contributed by atoms with Gasteiger partial charge < -0.3 is 0 Å². The molecule has 0 bridgehead atoms. The van der Waals surface area contributed by atoms with Crippen LogP contribution in [0.1, 0.15) is 77.7 Å². The molecule has 1 rings (SSSR count). The quantitative estimate of drug-likeness (QED) is 0.215. The lowest BCUT2D eigenvalue weighted by Gasteiger charge is -2.09. The van der Waals surface area contributed by atoms with Crippen molar-refractivity contribution >= 4 is 0 Å². The van der Waals surface area contributed by atoms with Gasteiger partial charge in [0, 0.05) is 0 Å². The Balaban J connectivity index is 0.000000676. The number of aryl methyl sites for hydroxylation is 1. The Morgan fingerprint density at radius 2 is 1.68 bits per heavy atom. The summed E-state index contributed by atoms with van der Waals surface area (Å²) in [7, 11) is 0. The first-order valence-electron chi connectivity index (χ1n) is 10.1. The largest absolute Gasteiger partial charge is 0.103 e. The Bertz CT molecular complexity index is 464. The summed E-state index contributed by atoms with van der Waals surface area (Å²) >= 11 is 0. The summed E-state index contributed by atoms with van der Waals surface area (Å²) in [5, 5.41) is 0. The number of unbranched alkanes of at least 4 members (excludes halogenated alkanes) is 2. The minimum Gasteiger partial charge on any atom is -0.103 e. The molecule has 0 aromatic heterocycles. The monoisotopic (exact) mass is 340 g/mol. The van der Waals surface area contributed by atoms with Gasteiger partial charge in [-0.3, -0.25) is 0 Å². The highest BCUT2D eigenvalue weighted by Crippen LogP contribution is 2.16. The van der Waals surface area contributed by atoms with Crippen molar-refractivity contribution in [3.8, 4) is 0 Å². The van der Waals surface area contributed by atoms with E-state index in [1.54, 1.807) is 0 Å². The lowest BCUT2D eigenvalue weighted by atomic mass is 9.97. The van der Waals surface area contributed by atoms with Crippen molar-refractivity contribution in [2.75, 3.05) is 0 Å². The smallest absolute Gasteiger partial charge is 0.0311 e. The van der Waals surface area contributed by atoms with Crippen molar-refractivity contribution in [2.45, 2.75) is 79.1 Å². The molecule has 0 N–H and O–H groups in total. The summed E-state index contributed by atoms with van der Waals surface area (Å²) < 4.78 is 0. The molecule has 1 unspecified atom stereocenters. The molecule has 0 heterocycles. The molecule has 0 saturated carbocycles. The van der Waals surface area contributed by atoms with Crippen LogP contribution in [0.3, 0.4) is 0 Å². The zero-order valence-corrected chi connectivity index (χ0v) is 17.1. The van der Waals surface area contributed by atoms with E-state index in [0.717, 1.165) is 18.8 Å². The average Bonchev–Trinajstić information content (AvgIpc) is 2.62. The van der Waals surface area contributed by atoms with Gasteiger partial charge in [-0.15, -0.1) is 6.58 Å². The third-order valence-corrected chi connectivity index (χ3v) is 4.33. The topological polar surface area (TPSA) is 0 Å². The van der Waals surface area contributed by atoms with Gasteiger partial charge in [0.2, 0.25) is 0 Å². The normalized spacial score (nSPS) is 12.6. The zero-order valence-electron chi connectivity index (χ0n) is 17.1. The van der Waals surface area contributed by atoms with Gasteiger partial charge in [-0.25, -0.2) is 0 Å². The molecule has 0 amide bonds. The number of benzene rings is 1. The maximum Gasteiger partial charge on any atom is -0.0311 e. The summed E-state index contributed by atoms with van der Waals surface area (Å²) in [5.74, 6) is 0.870. The van der Waals surface area contributed by atoms with Crippen LogP contribution < -0.4 is 0 Å².